The molecule has 4 nitrogen and oxygen atoms in total. The quantitative estimate of drug-likeness (QED) is 0.107. The Balaban J connectivity index is 1.14. The maximum atomic E-state index is 5.49. The Bertz CT molecular complexity index is 3750. The predicted molar refractivity (Wildman–Crippen MR) is 297 cm³/mol. The Hall–Kier alpha value is -8.69. The number of aromatic nitrogens is 3. The highest BCUT2D eigenvalue weighted by Gasteiger charge is 2.50. The van der Waals surface area contributed by atoms with Crippen molar-refractivity contribution in [3.63, 3.8) is 0 Å². The fourth-order valence-electron chi connectivity index (χ4n) is 11.6. The molecular weight excluding hydrogens is 881 g/mol. The molecule has 13 rings (SSSR count). The molecule has 0 unspecified atom stereocenters. The van der Waals surface area contributed by atoms with Gasteiger partial charge >= 0.3 is 0 Å². The van der Waals surface area contributed by atoms with Crippen molar-refractivity contribution in [2.24, 2.45) is 0 Å². The van der Waals surface area contributed by atoms with Gasteiger partial charge in [0, 0.05) is 45.8 Å². The lowest BCUT2D eigenvalue weighted by Gasteiger charge is -2.44. The number of rotatable bonds is 9. The van der Waals surface area contributed by atoms with Gasteiger partial charge in [-0.3, -0.25) is 9.88 Å². The van der Waals surface area contributed by atoms with E-state index in [1.165, 1.54) is 63.3 Å². The van der Waals surface area contributed by atoms with Gasteiger partial charge < -0.3 is 4.57 Å². The van der Waals surface area contributed by atoms with Crippen LogP contribution in [0.2, 0.25) is 0 Å². The van der Waals surface area contributed by atoms with Crippen molar-refractivity contribution in [3.05, 3.63) is 279 Å². The van der Waals surface area contributed by atoms with Crippen LogP contribution in [-0.4, -0.2) is 30.7 Å². The van der Waals surface area contributed by atoms with E-state index in [-0.39, 0.29) is 0 Å². The second kappa shape index (κ2) is 17.1. The summed E-state index contributed by atoms with van der Waals surface area (Å²) in [6, 6.07) is 98.9. The van der Waals surface area contributed by atoms with Gasteiger partial charge in [0.15, 0.2) is 16.1 Å². The van der Waals surface area contributed by atoms with E-state index < -0.39 is 16.1 Å². The van der Waals surface area contributed by atoms with E-state index in [1.807, 2.05) is 18.5 Å². The zero-order valence-corrected chi connectivity index (χ0v) is 40.3. The maximum absolute atomic E-state index is 5.49. The van der Waals surface area contributed by atoms with Crippen LogP contribution in [0.4, 0.5) is 17.2 Å². The molecule has 0 bridgehead atoms. The second-order valence-electron chi connectivity index (χ2n) is 18.1. The SMILES string of the molecule is c1ccc(-n2c3ccccc3c3cc4c(cc32)[Si](c2ccccc2)(c2ccccc2)c2cccnc2N4c2cccc([Si](c3ccccc3)(c3ccccc3)c3cccc(-c4ccccn4)c3)c2)cc1. The van der Waals surface area contributed by atoms with Gasteiger partial charge in [-0.2, -0.15) is 0 Å². The molecule has 70 heavy (non-hydrogen) atoms. The average molecular weight is 927 g/mol. The molecule has 0 aliphatic carbocycles. The monoisotopic (exact) mass is 926 g/mol. The number of anilines is 3. The van der Waals surface area contributed by atoms with Crippen molar-refractivity contribution in [3.8, 4) is 16.9 Å². The Labute approximate surface area is 410 Å². The second-order valence-corrected chi connectivity index (χ2v) is 25.6. The van der Waals surface area contributed by atoms with Gasteiger partial charge in [0.25, 0.3) is 0 Å². The highest BCUT2D eigenvalue weighted by atomic mass is 28.3. The minimum atomic E-state index is -3.10. The predicted octanol–water partition coefficient (Wildman–Crippen LogP) is 9.78. The Kier molecular flexibility index (Phi) is 10.2. The molecule has 3 aromatic heterocycles. The fourth-order valence-corrected chi connectivity index (χ4v) is 21.4. The van der Waals surface area contributed by atoms with E-state index in [2.05, 4.69) is 270 Å². The van der Waals surface area contributed by atoms with E-state index in [0.717, 1.165) is 34.1 Å². The van der Waals surface area contributed by atoms with Crippen LogP contribution in [0.1, 0.15) is 0 Å². The van der Waals surface area contributed by atoms with Gasteiger partial charge in [0.1, 0.15) is 5.82 Å². The van der Waals surface area contributed by atoms with Crippen LogP contribution >= 0.6 is 0 Å². The van der Waals surface area contributed by atoms with Crippen molar-refractivity contribution in [1.29, 1.82) is 0 Å². The summed E-state index contributed by atoms with van der Waals surface area (Å²) in [6.45, 7) is 0. The molecule has 0 saturated carbocycles. The zero-order valence-electron chi connectivity index (χ0n) is 38.3. The normalized spacial score (nSPS) is 12.9. The Morgan fingerprint density at radius 1 is 0.357 bits per heavy atom. The molecule has 0 saturated heterocycles. The summed E-state index contributed by atoms with van der Waals surface area (Å²) in [7, 11) is -6.16. The molecule has 9 aromatic carbocycles. The standard InChI is InChI=1S/C64H46N4Si2/c1-6-24-48(25-7-1)67-59-39-17-16-37-56(59)57-45-61-63(46-60(57)67)70(52-31-12-4-13-32-52,53-33-14-5-15-34-53)62-40-22-42-66-64(62)68(61)49-26-21-36-55(44-49)69(50-27-8-2-9-28-50,51-29-10-3-11-30-51)54-35-20-23-47(43-54)58-38-18-19-41-65-58/h1-46H. The lowest BCUT2D eigenvalue weighted by Crippen LogP contribution is -2.77. The molecule has 0 atom stereocenters. The van der Waals surface area contributed by atoms with Gasteiger partial charge in [-0.15, -0.1) is 0 Å². The van der Waals surface area contributed by atoms with Crippen molar-refractivity contribution >= 4 is 96.6 Å². The van der Waals surface area contributed by atoms with Gasteiger partial charge in [-0.05, 0) is 102 Å². The molecule has 330 valence electrons. The zero-order chi connectivity index (χ0) is 46.5. The molecule has 1 aliphatic rings. The Morgan fingerprint density at radius 2 is 0.914 bits per heavy atom. The molecule has 0 radical (unpaired) electrons. The third-order valence-electron chi connectivity index (χ3n) is 14.5. The number of nitrogens with zero attached hydrogens (tertiary/aromatic N) is 4. The van der Waals surface area contributed by atoms with Gasteiger partial charge in [-0.1, -0.05) is 206 Å². The first-order valence-corrected chi connectivity index (χ1v) is 28.0. The van der Waals surface area contributed by atoms with Gasteiger partial charge in [0.05, 0.1) is 16.7 Å². The maximum Gasteiger partial charge on any atom is 0.186 e. The minimum Gasteiger partial charge on any atom is -0.309 e. The average Bonchev–Trinajstić information content (AvgIpc) is 3.77. The summed E-state index contributed by atoms with van der Waals surface area (Å²) in [6.07, 6.45) is 3.86. The largest absolute Gasteiger partial charge is 0.309 e. The lowest BCUT2D eigenvalue weighted by atomic mass is 10.1. The van der Waals surface area contributed by atoms with E-state index in [0.29, 0.717) is 0 Å². The molecule has 6 heteroatoms. The summed E-state index contributed by atoms with van der Waals surface area (Å²) < 4.78 is 2.46. The third kappa shape index (κ3) is 6.42. The Morgan fingerprint density at radius 3 is 1.59 bits per heavy atom. The van der Waals surface area contributed by atoms with Crippen molar-refractivity contribution in [2.45, 2.75) is 0 Å². The number of hydrogen-bond acceptors (Lipinski definition) is 3. The summed E-state index contributed by atoms with van der Waals surface area (Å²) in [5.41, 5.74) is 7.77. The lowest BCUT2D eigenvalue weighted by molar-refractivity contribution is 1.17. The van der Waals surface area contributed by atoms with Gasteiger partial charge in [-0.25, -0.2) is 4.98 Å². The van der Waals surface area contributed by atoms with Crippen molar-refractivity contribution in [2.75, 3.05) is 4.90 Å². The van der Waals surface area contributed by atoms with Crippen molar-refractivity contribution < 1.29 is 0 Å². The highest BCUT2D eigenvalue weighted by Crippen LogP contribution is 2.41. The van der Waals surface area contributed by atoms with Crippen LogP contribution in [0, 0.1) is 0 Å². The molecule has 0 N–H and O–H groups in total. The number of hydrogen-bond donors (Lipinski definition) is 0. The van der Waals surface area contributed by atoms with Crippen LogP contribution in [0.25, 0.3) is 38.8 Å². The summed E-state index contributed by atoms with van der Waals surface area (Å²) in [4.78, 5) is 12.8. The molecule has 12 aromatic rings. The number of benzene rings is 9. The molecule has 4 heterocycles. The number of pyridine rings is 2. The van der Waals surface area contributed by atoms with Crippen LogP contribution in [0.5, 0.6) is 0 Å². The summed E-state index contributed by atoms with van der Waals surface area (Å²) >= 11 is 0. The first kappa shape index (κ1) is 41.5. The smallest absolute Gasteiger partial charge is 0.186 e. The van der Waals surface area contributed by atoms with E-state index in [1.54, 1.807) is 0 Å². The molecular formula is C64H46N4Si2. The first-order valence-electron chi connectivity index (χ1n) is 24.0. The third-order valence-corrected chi connectivity index (χ3v) is 24.0. The van der Waals surface area contributed by atoms with E-state index in [9.17, 15) is 0 Å². The van der Waals surface area contributed by atoms with Gasteiger partial charge in [0.2, 0.25) is 0 Å². The highest BCUT2D eigenvalue weighted by molar-refractivity contribution is 7.21. The van der Waals surface area contributed by atoms with Crippen LogP contribution < -0.4 is 46.4 Å². The molecule has 1 aliphatic heterocycles. The van der Waals surface area contributed by atoms with Crippen LogP contribution in [0.3, 0.4) is 0 Å². The fraction of sp³-hybridized carbons (Fsp3) is 0. The van der Waals surface area contributed by atoms with E-state index in [4.69, 9.17) is 9.97 Å². The summed E-state index contributed by atoms with van der Waals surface area (Å²) in [5, 5.41) is 12.8. The van der Waals surface area contributed by atoms with Crippen LogP contribution in [0.15, 0.2) is 279 Å². The first-order chi connectivity index (χ1) is 34.7. The van der Waals surface area contributed by atoms with Crippen LogP contribution in [-0.2, 0) is 0 Å². The topological polar surface area (TPSA) is 34.0 Å². The number of para-hydroxylation sites is 2. The van der Waals surface area contributed by atoms with Crippen molar-refractivity contribution in [1.82, 2.24) is 14.5 Å². The molecule has 0 fully saturated rings. The molecule has 0 spiro atoms. The summed E-state index contributed by atoms with van der Waals surface area (Å²) in [5.74, 6) is 0.960. The molecule has 0 amide bonds. The number of fused-ring (bicyclic) bond motifs is 5. The minimum absolute atomic E-state index is 0.958. The van der Waals surface area contributed by atoms with E-state index >= 15 is 0 Å².